The summed E-state index contributed by atoms with van der Waals surface area (Å²) < 4.78 is 18.9. The SMILES string of the molecule is CC(Nc1ccc(F)cc1I)C(=O)OC(C)(C)C. The number of rotatable bonds is 3. The minimum absolute atomic E-state index is 0.296. The number of carbonyl (C=O) groups excluding carboxylic acids is 1. The number of anilines is 1. The number of hydrogen-bond donors (Lipinski definition) is 1. The van der Waals surface area contributed by atoms with Gasteiger partial charge in [-0.25, -0.2) is 9.18 Å². The highest BCUT2D eigenvalue weighted by Crippen LogP contribution is 2.20. The molecule has 18 heavy (non-hydrogen) atoms. The van der Waals surface area contributed by atoms with Crippen molar-refractivity contribution < 1.29 is 13.9 Å². The van der Waals surface area contributed by atoms with E-state index in [0.29, 0.717) is 0 Å². The van der Waals surface area contributed by atoms with Crippen LogP contribution in [0.5, 0.6) is 0 Å². The van der Waals surface area contributed by atoms with Crippen LogP contribution in [0.2, 0.25) is 0 Å². The normalized spacial score (nSPS) is 13.0. The summed E-state index contributed by atoms with van der Waals surface area (Å²) in [7, 11) is 0. The number of halogens is 2. The Kier molecular flexibility index (Phi) is 4.95. The van der Waals surface area contributed by atoms with Gasteiger partial charge in [-0.2, -0.15) is 0 Å². The maximum atomic E-state index is 12.9. The highest BCUT2D eigenvalue weighted by molar-refractivity contribution is 14.1. The lowest BCUT2D eigenvalue weighted by Gasteiger charge is -2.23. The molecule has 1 aromatic carbocycles. The van der Waals surface area contributed by atoms with E-state index in [1.54, 1.807) is 13.0 Å². The minimum Gasteiger partial charge on any atom is -0.458 e. The quantitative estimate of drug-likeness (QED) is 0.658. The standard InChI is InChI=1S/C13H17FINO2/c1-8(12(17)18-13(2,3)4)16-11-6-5-9(14)7-10(11)15/h5-8,16H,1-4H3. The van der Waals surface area contributed by atoms with Crippen molar-refractivity contribution in [2.24, 2.45) is 0 Å². The van der Waals surface area contributed by atoms with Crippen LogP contribution in [0.15, 0.2) is 18.2 Å². The molecule has 0 aliphatic carbocycles. The van der Waals surface area contributed by atoms with Crippen LogP contribution >= 0.6 is 22.6 Å². The molecule has 0 saturated carbocycles. The molecular formula is C13H17FINO2. The van der Waals surface area contributed by atoms with Crippen molar-refractivity contribution in [3.05, 3.63) is 27.6 Å². The summed E-state index contributed by atoms with van der Waals surface area (Å²) in [4.78, 5) is 11.8. The molecule has 0 aliphatic heterocycles. The van der Waals surface area contributed by atoms with Crippen molar-refractivity contribution in [3.8, 4) is 0 Å². The van der Waals surface area contributed by atoms with Crippen LogP contribution < -0.4 is 5.32 Å². The molecule has 5 heteroatoms. The highest BCUT2D eigenvalue weighted by atomic mass is 127. The van der Waals surface area contributed by atoms with Crippen LogP contribution in [-0.2, 0) is 9.53 Å². The maximum Gasteiger partial charge on any atom is 0.328 e. The molecule has 0 aliphatic rings. The second kappa shape index (κ2) is 5.86. The third kappa shape index (κ3) is 4.80. The first-order valence-corrected chi connectivity index (χ1v) is 6.71. The molecule has 0 aromatic heterocycles. The highest BCUT2D eigenvalue weighted by Gasteiger charge is 2.21. The maximum absolute atomic E-state index is 12.9. The van der Waals surface area contributed by atoms with Crippen molar-refractivity contribution in [1.82, 2.24) is 0 Å². The Hall–Kier alpha value is -0.850. The Balaban J connectivity index is 2.69. The van der Waals surface area contributed by atoms with Crippen molar-refractivity contribution in [2.75, 3.05) is 5.32 Å². The first-order chi connectivity index (χ1) is 8.19. The van der Waals surface area contributed by atoms with E-state index in [4.69, 9.17) is 4.74 Å². The average Bonchev–Trinajstić information content (AvgIpc) is 2.19. The van der Waals surface area contributed by atoms with E-state index in [-0.39, 0.29) is 11.8 Å². The van der Waals surface area contributed by atoms with Crippen LogP contribution in [-0.4, -0.2) is 17.6 Å². The molecule has 1 N–H and O–H groups in total. The third-order valence-corrected chi connectivity index (χ3v) is 2.96. The van der Waals surface area contributed by atoms with E-state index >= 15 is 0 Å². The summed E-state index contributed by atoms with van der Waals surface area (Å²) in [6, 6.07) is 3.89. The fraction of sp³-hybridized carbons (Fsp3) is 0.462. The minimum atomic E-state index is -0.511. The second-order valence-corrected chi connectivity index (χ2v) is 6.19. The first-order valence-electron chi connectivity index (χ1n) is 5.63. The molecule has 0 amide bonds. The largest absolute Gasteiger partial charge is 0.458 e. The molecule has 0 bridgehead atoms. The van der Waals surface area contributed by atoms with Gasteiger partial charge in [0.1, 0.15) is 17.5 Å². The molecular weight excluding hydrogens is 348 g/mol. The summed E-state index contributed by atoms with van der Waals surface area (Å²) in [6.07, 6.45) is 0. The molecule has 1 rings (SSSR count). The van der Waals surface area contributed by atoms with Gasteiger partial charge in [0.05, 0.1) is 0 Å². The van der Waals surface area contributed by atoms with E-state index in [1.807, 2.05) is 43.4 Å². The van der Waals surface area contributed by atoms with E-state index in [9.17, 15) is 9.18 Å². The molecule has 0 spiro atoms. The summed E-state index contributed by atoms with van der Waals surface area (Å²) in [5.41, 5.74) is 0.207. The zero-order valence-electron chi connectivity index (χ0n) is 10.9. The van der Waals surface area contributed by atoms with Gasteiger partial charge in [-0.05, 0) is 68.5 Å². The van der Waals surface area contributed by atoms with Gasteiger partial charge >= 0.3 is 5.97 Å². The summed E-state index contributed by atoms with van der Waals surface area (Å²) >= 11 is 2.02. The van der Waals surface area contributed by atoms with E-state index in [2.05, 4.69) is 5.32 Å². The predicted molar refractivity (Wildman–Crippen MR) is 78.0 cm³/mol. The predicted octanol–water partition coefficient (Wildman–Crippen LogP) is 3.57. The van der Waals surface area contributed by atoms with Gasteiger partial charge in [-0.1, -0.05) is 0 Å². The van der Waals surface area contributed by atoms with Crippen molar-refractivity contribution >= 4 is 34.2 Å². The van der Waals surface area contributed by atoms with Crippen molar-refractivity contribution in [3.63, 3.8) is 0 Å². The zero-order valence-corrected chi connectivity index (χ0v) is 13.0. The van der Waals surface area contributed by atoms with Crippen LogP contribution in [0, 0.1) is 9.39 Å². The third-order valence-electron chi connectivity index (χ3n) is 2.06. The lowest BCUT2D eigenvalue weighted by atomic mass is 10.2. The van der Waals surface area contributed by atoms with Gasteiger partial charge < -0.3 is 10.1 Å². The average molecular weight is 365 g/mol. The van der Waals surface area contributed by atoms with E-state index in [1.165, 1.54) is 12.1 Å². The molecule has 0 saturated heterocycles. The Morgan fingerprint density at radius 3 is 2.56 bits per heavy atom. The molecule has 0 fully saturated rings. The summed E-state index contributed by atoms with van der Waals surface area (Å²) in [5.74, 6) is -0.627. The molecule has 0 radical (unpaired) electrons. The van der Waals surface area contributed by atoms with Crippen LogP contribution in [0.1, 0.15) is 27.7 Å². The number of ether oxygens (including phenoxy) is 1. The summed E-state index contributed by atoms with van der Waals surface area (Å²) in [5, 5.41) is 3.01. The fourth-order valence-electron chi connectivity index (χ4n) is 1.29. The molecule has 1 unspecified atom stereocenters. The molecule has 0 heterocycles. The lowest BCUT2D eigenvalue weighted by Crippen LogP contribution is -2.34. The topological polar surface area (TPSA) is 38.3 Å². The Bertz CT molecular complexity index is 443. The number of esters is 1. The number of benzene rings is 1. The van der Waals surface area contributed by atoms with E-state index < -0.39 is 11.6 Å². The number of nitrogens with one attached hydrogen (secondary N) is 1. The Morgan fingerprint density at radius 1 is 1.44 bits per heavy atom. The van der Waals surface area contributed by atoms with Gasteiger partial charge in [0.15, 0.2) is 0 Å². The summed E-state index contributed by atoms with van der Waals surface area (Å²) in [6.45, 7) is 7.17. The smallest absolute Gasteiger partial charge is 0.328 e. The van der Waals surface area contributed by atoms with Crippen LogP contribution in [0.25, 0.3) is 0 Å². The van der Waals surface area contributed by atoms with Crippen molar-refractivity contribution in [2.45, 2.75) is 39.3 Å². The Labute approximate surface area is 120 Å². The Morgan fingerprint density at radius 2 is 2.06 bits per heavy atom. The zero-order chi connectivity index (χ0) is 13.9. The monoisotopic (exact) mass is 365 g/mol. The van der Waals surface area contributed by atoms with Gasteiger partial charge in [0.2, 0.25) is 0 Å². The second-order valence-electron chi connectivity index (χ2n) is 5.02. The van der Waals surface area contributed by atoms with Gasteiger partial charge in [-0.3, -0.25) is 0 Å². The fourth-order valence-corrected chi connectivity index (χ4v) is 1.92. The molecule has 100 valence electrons. The first kappa shape index (κ1) is 15.2. The van der Waals surface area contributed by atoms with Crippen LogP contribution in [0.4, 0.5) is 10.1 Å². The van der Waals surface area contributed by atoms with E-state index in [0.717, 1.165) is 9.26 Å². The number of hydrogen-bond acceptors (Lipinski definition) is 3. The molecule has 1 atom stereocenters. The molecule has 3 nitrogen and oxygen atoms in total. The number of carbonyl (C=O) groups is 1. The van der Waals surface area contributed by atoms with Crippen LogP contribution in [0.3, 0.4) is 0 Å². The molecule has 1 aromatic rings. The van der Waals surface area contributed by atoms with Gasteiger partial charge in [0.25, 0.3) is 0 Å². The van der Waals surface area contributed by atoms with Gasteiger partial charge in [-0.15, -0.1) is 0 Å². The lowest BCUT2D eigenvalue weighted by molar-refractivity contribution is -0.155. The van der Waals surface area contributed by atoms with Crippen molar-refractivity contribution in [1.29, 1.82) is 0 Å². The van der Waals surface area contributed by atoms with Gasteiger partial charge in [0, 0.05) is 9.26 Å².